The Morgan fingerprint density at radius 2 is 1.63 bits per heavy atom. The van der Waals surface area contributed by atoms with Gasteiger partial charge in [-0.3, -0.25) is 24.0 Å². The molecule has 0 fully saturated rings. The van der Waals surface area contributed by atoms with Crippen LogP contribution in [-0.4, -0.2) is 71.1 Å². The minimum atomic E-state index is -1.41. The normalized spacial score (nSPS) is 15.0. The van der Waals surface area contributed by atoms with Gasteiger partial charge in [0.25, 0.3) is 0 Å². The van der Waals surface area contributed by atoms with Crippen molar-refractivity contribution in [2.24, 2.45) is 17.4 Å². The molecule has 0 aromatic carbocycles. The average Bonchev–Trinajstić information content (AvgIpc) is 2.61. The molecule has 0 radical (unpaired) electrons. The van der Waals surface area contributed by atoms with Crippen LogP contribution in [0.15, 0.2) is 0 Å². The highest BCUT2D eigenvalue weighted by atomic mass is 16.4. The van der Waals surface area contributed by atoms with Crippen molar-refractivity contribution in [2.45, 2.75) is 44.8 Å². The van der Waals surface area contributed by atoms with E-state index in [4.69, 9.17) is 21.7 Å². The van der Waals surface area contributed by atoms with Gasteiger partial charge in [0.1, 0.15) is 24.7 Å². The molecule has 0 aromatic heterocycles. The molecule has 0 saturated carbocycles. The molecule has 4 atom stereocenters. The molecule has 0 bridgehead atoms. The monoisotopic (exact) mass is 389 g/mol. The quantitative estimate of drug-likeness (QED) is 0.176. The van der Waals surface area contributed by atoms with Crippen LogP contribution < -0.4 is 27.4 Å². The third kappa shape index (κ3) is 8.96. The van der Waals surface area contributed by atoms with Crippen molar-refractivity contribution >= 4 is 29.6 Å². The number of rotatable bonds is 12. The van der Waals surface area contributed by atoms with Crippen molar-refractivity contribution < 1.29 is 34.2 Å². The number of aliphatic carboxylic acids is 1. The lowest BCUT2D eigenvalue weighted by Crippen LogP contribution is -2.58. The number of hydrogen-bond donors (Lipinski definition) is 7. The molecule has 4 amide bonds. The topological polar surface area (TPSA) is 214 Å². The van der Waals surface area contributed by atoms with E-state index < -0.39 is 67.3 Å². The van der Waals surface area contributed by atoms with E-state index in [0.717, 1.165) is 0 Å². The van der Waals surface area contributed by atoms with Crippen molar-refractivity contribution in [2.75, 3.05) is 13.2 Å². The molecule has 4 unspecified atom stereocenters. The standard InChI is InChI=1S/C15H27N5O7/c1-3-7(2)12(20-13(25)8(16)6-21)15(27)19-9(4-10(17)22)14(26)18-5-11(23)24/h7-9,12,21H,3-6,16H2,1-2H3,(H2,17,22)(H,18,26)(H,19,27)(H,20,25)(H,23,24). The van der Waals surface area contributed by atoms with Crippen molar-refractivity contribution in [1.82, 2.24) is 16.0 Å². The molecule has 9 N–H and O–H groups in total. The fourth-order valence-corrected chi connectivity index (χ4v) is 2.00. The Kier molecular flexibility index (Phi) is 10.6. The van der Waals surface area contributed by atoms with E-state index in [1.165, 1.54) is 0 Å². The molecule has 0 rings (SSSR count). The average molecular weight is 389 g/mol. The maximum Gasteiger partial charge on any atom is 0.322 e. The lowest BCUT2D eigenvalue weighted by atomic mass is 9.97. The van der Waals surface area contributed by atoms with Gasteiger partial charge in [0.2, 0.25) is 23.6 Å². The van der Waals surface area contributed by atoms with Crippen molar-refractivity contribution in [3.8, 4) is 0 Å². The van der Waals surface area contributed by atoms with E-state index in [-0.39, 0.29) is 5.92 Å². The van der Waals surface area contributed by atoms with E-state index in [1.807, 2.05) is 5.32 Å². The Bertz CT molecular complexity index is 569. The number of hydrogen-bond acceptors (Lipinski definition) is 7. The third-order valence-electron chi connectivity index (χ3n) is 3.78. The van der Waals surface area contributed by atoms with Crippen LogP contribution in [0.1, 0.15) is 26.7 Å². The van der Waals surface area contributed by atoms with Crippen LogP contribution in [0.25, 0.3) is 0 Å². The van der Waals surface area contributed by atoms with Gasteiger partial charge < -0.3 is 37.6 Å². The highest BCUT2D eigenvalue weighted by Gasteiger charge is 2.31. The van der Waals surface area contributed by atoms with Crippen LogP contribution in [0.5, 0.6) is 0 Å². The summed E-state index contributed by atoms with van der Waals surface area (Å²) < 4.78 is 0. The van der Waals surface area contributed by atoms with E-state index in [9.17, 15) is 24.0 Å². The van der Waals surface area contributed by atoms with E-state index in [1.54, 1.807) is 13.8 Å². The van der Waals surface area contributed by atoms with E-state index in [2.05, 4.69) is 10.6 Å². The summed E-state index contributed by atoms with van der Waals surface area (Å²) in [6.07, 6.45) is -0.0764. The summed E-state index contributed by atoms with van der Waals surface area (Å²) in [5.41, 5.74) is 10.5. The fourth-order valence-electron chi connectivity index (χ4n) is 2.00. The predicted octanol–water partition coefficient (Wildman–Crippen LogP) is -3.60. The molecular weight excluding hydrogens is 362 g/mol. The number of nitrogens with one attached hydrogen (secondary N) is 3. The van der Waals surface area contributed by atoms with Crippen molar-refractivity contribution in [1.29, 1.82) is 0 Å². The summed E-state index contributed by atoms with van der Waals surface area (Å²) in [4.78, 5) is 58.2. The van der Waals surface area contributed by atoms with Gasteiger partial charge in [-0.2, -0.15) is 0 Å². The van der Waals surface area contributed by atoms with Crippen LogP contribution in [0.4, 0.5) is 0 Å². The predicted molar refractivity (Wildman–Crippen MR) is 92.8 cm³/mol. The summed E-state index contributed by atoms with van der Waals surface area (Å²) in [6, 6.07) is -3.74. The van der Waals surface area contributed by atoms with Gasteiger partial charge in [0.15, 0.2) is 0 Å². The minimum Gasteiger partial charge on any atom is -0.480 e. The second kappa shape index (κ2) is 11.8. The molecule has 27 heavy (non-hydrogen) atoms. The van der Waals surface area contributed by atoms with Crippen LogP contribution >= 0.6 is 0 Å². The van der Waals surface area contributed by atoms with Gasteiger partial charge in [-0.1, -0.05) is 20.3 Å². The summed E-state index contributed by atoms with van der Waals surface area (Å²) in [5.74, 6) is -5.02. The first-order valence-corrected chi connectivity index (χ1v) is 8.28. The highest BCUT2D eigenvalue weighted by molar-refractivity contribution is 5.95. The maximum absolute atomic E-state index is 12.5. The first-order valence-electron chi connectivity index (χ1n) is 8.28. The molecule has 12 heteroatoms. The van der Waals surface area contributed by atoms with Gasteiger partial charge in [-0.15, -0.1) is 0 Å². The van der Waals surface area contributed by atoms with Crippen molar-refractivity contribution in [3.63, 3.8) is 0 Å². The van der Waals surface area contributed by atoms with Gasteiger partial charge >= 0.3 is 5.97 Å². The fraction of sp³-hybridized carbons (Fsp3) is 0.667. The molecular formula is C15H27N5O7. The van der Waals surface area contributed by atoms with E-state index in [0.29, 0.717) is 6.42 Å². The molecule has 12 nitrogen and oxygen atoms in total. The largest absolute Gasteiger partial charge is 0.480 e. The summed E-state index contributed by atoms with van der Waals surface area (Å²) in [5, 5.41) is 24.3. The Morgan fingerprint density at radius 3 is 2.07 bits per heavy atom. The number of carbonyl (C=O) groups excluding carboxylic acids is 4. The molecule has 0 aliphatic carbocycles. The summed E-state index contributed by atoms with van der Waals surface area (Å²) in [7, 11) is 0. The smallest absolute Gasteiger partial charge is 0.322 e. The van der Waals surface area contributed by atoms with Crippen LogP contribution in [-0.2, 0) is 24.0 Å². The Hall–Kier alpha value is -2.73. The lowest BCUT2D eigenvalue weighted by Gasteiger charge is -2.26. The summed E-state index contributed by atoms with van der Waals surface area (Å²) >= 11 is 0. The molecule has 0 aliphatic rings. The number of carboxylic acids is 1. The number of aliphatic hydroxyl groups is 1. The van der Waals surface area contributed by atoms with Gasteiger partial charge in [0.05, 0.1) is 13.0 Å². The Morgan fingerprint density at radius 1 is 1.04 bits per heavy atom. The number of aliphatic hydroxyl groups excluding tert-OH is 1. The van der Waals surface area contributed by atoms with E-state index >= 15 is 0 Å². The molecule has 0 saturated heterocycles. The number of carboxylic acid groups (broad SMARTS) is 1. The molecule has 154 valence electrons. The second-order valence-electron chi connectivity index (χ2n) is 6.00. The first-order chi connectivity index (χ1) is 12.5. The molecule has 0 aromatic rings. The maximum atomic E-state index is 12.5. The SMILES string of the molecule is CCC(C)C(NC(=O)C(N)CO)C(=O)NC(CC(N)=O)C(=O)NCC(=O)O. The third-order valence-corrected chi connectivity index (χ3v) is 3.78. The van der Waals surface area contributed by atoms with Crippen LogP contribution in [0, 0.1) is 5.92 Å². The second-order valence-corrected chi connectivity index (χ2v) is 6.00. The lowest BCUT2D eigenvalue weighted by molar-refractivity contribution is -0.139. The van der Waals surface area contributed by atoms with Gasteiger partial charge in [-0.05, 0) is 5.92 Å². The number of carbonyl (C=O) groups is 5. The van der Waals surface area contributed by atoms with Gasteiger partial charge in [0, 0.05) is 0 Å². The van der Waals surface area contributed by atoms with Crippen molar-refractivity contribution in [3.05, 3.63) is 0 Å². The minimum absolute atomic E-state index is 0.365. The zero-order chi connectivity index (χ0) is 21.1. The molecule has 0 aliphatic heterocycles. The zero-order valence-corrected chi connectivity index (χ0v) is 15.2. The Labute approximate surface area is 156 Å². The number of primary amides is 1. The number of amides is 4. The van der Waals surface area contributed by atoms with Gasteiger partial charge in [-0.25, -0.2) is 0 Å². The van der Waals surface area contributed by atoms with Crippen LogP contribution in [0.3, 0.4) is 0 Å². The summed E-state index contributed by atoms with van der Waals surface area (Å²) in [6.45, 7) is 2.11. The zero-order valence-electron chi connectivity index (χ0n) is 15.2. The molecule has 0 spiro atoms. The Balaban J connectivity index is 5.28. The number of nitrogens with two attached hydrogens (primary N) is 2. The first kappa shape index (κ1) is 24.3. The molecule has 0 heterocycles. The highest BCUT2D eigenvalue weighted by Crippen LogP contribution is 2.09. The van der Waals surface area contributed by atoms with Crippen LogP contribution in [0.2, 0.25) is 0 Å².